The van der Waals surface area contributed by atoms with E-state index in [0.29, 0.717) is 0 Å². The molecule has 14 heavy (non-hydrogen) atoms. The molecule has 8 heteroatoms. The summed E-state index contributed by atoms with van der Waals surface area (Å²) in [6, 6.07) is 0.787. The van der Waals surface area contributed by atoms with Crippen molar-refractivity contribution in [2.24, 2.45) is 0 Å². The van der Waals surface area contributed by atoms with Gasteiger partial charge in [-0.3, -0.25) is 4.55 Å². The molecule has 0 unspecified atom stereocenters. The van der Waals surface area contributed by atoms with Crippen LogP contribution in [0.1, 0.15) is 0 Å². The fourth-order valence-corrected chi connectivity index (χ4v) is 1.15. The highest BCUT2D eigenvalue weighted by molar-refractivity contribution is 7.85. The third-order valence-electron chi connectivity index (χ3n) is 1.31. The zero-order valence-corrected chi connectivity index (χ0v) is 8.28. The molecule has 0 saturated heterocycles. The van der Waals surface area contributed by atoms with Crippen LogP contribution in [0.2, 0.25) is 0 Å². The first-order valence-electron chi connectivity index (χ1n) is 3.42. The van der Waals surface area contributed by atoms with Crippen LogP contribution in [0.15, 0.2) is 11.1 Å². The molecule has 1 aromatic rings. The number of nitrogens with zero attached hydrogens (tertiary/aromatic N) is 2. The van der Waals surface area contributed by atoms with Crippen LogP contribution in [-0.2, 0) is 10.1 Å². The molecular formula is C6H8N2O5S. The third-order valence-corrected chi connectivity index (χ3v) is 2.05. The molecule has 1 N–H and O–H groups in total. The molecule has 78 valence electrons. The molecule has 0 aliphatic rings. The Balaban J connectivity index is 3.32. The first-order chi connectivity index (χ1) is 6.47. The maximum absolute atomic E-state index is 10.7. The Morgan fingerprint density at radius 3 is 2.36 bits per heavy atom. The molecule has 0 aliphatic heterocycles. The van der Waals surface area contributed by atoms with Crippen LogP contribution in [0, 0.1) is 0 Å². The zero-order chi connectivity index (χ0) is 10.8. The maximum atomic E-state index is 10.7. The first kappa shape index (κ1) is 10.7. The smallest absolute Gasteiger partial charge is 0.320 e. The lowest BCUT2D eigenvalue weighted by molar-refractivity contribution is 0.345. The Kier molecular flexibility index (Phi) is 2.87. The van der Waals surface area contributed by atoms with Crippen LogP contribution in [0.3, 0.4) is 0 Å². The number of rotatable bonds is 3. The Morgan fingerprint density at radius 1 is 1.29 bits per heavy atom. The maximum Gasteiger partial charge on any atom is 0.320 e. The van der Waals surface area contributed by atoms with Crippen molar-refractivity contribution in [3.8, 4) is 11.9 Å². The van der Waals surface area contributed by atoms with Crippen molar-refractivity contribution >= 4 is 10.1 Å². The fraction of sp³-hybridized carbons (Fsp3) is 0.333. The molecule has 0 spiro atoms. The van der Waals surface area contributed by atoms with Crippen LogP contribution in [0.5, 0.6) is 11.9 Å². The summed E-state index contributed by atoms with van der Waals surface area (Å²) in [5, 5.41) is -0.568. The van der Waals surface area contributed by atoms with Crippen molar-refractivity contribution in [3.05, 3.63) is 6.07 Å². The Bertz CT molecular complexity index is 408. The summed E-state index contributed by atoms with van der Waals surface area (Å²) in [5.74, 6) is -0.00975. The molecule has 0 atom stereocenters. The highest BCUT2D eigenvalue weighted by Gasteiger charge is 2.15. The standard InChI is InChI=1S/C6H8N2O5S/c1-12-4-3-5(14(9,10)11)8-6(7-4)13-2/h3H,1-2H3,(H,9,10,11). The van der Waals surface area contributed by atoms with E-state index >= 15 is 0 Å². The van der Waals surface area contributed by atoms with Gasteiger partial charge in [0.15, 0.2) is 5.03 Å². The highest BCUT2D eigenvalue weighted by Crippen LogP contribution is 2.16. The van der Waals surface area contributed by atoms with E-state index in [9.17, 15) is 8.42 Å². The lowest BCUT2D eigenvalue weighted by atomic mass is 10.6. The zero-order valence-electron chi connectivity index (χ0n) is 7.46. The lowest BCUT2D eigenvalue weighted by Gasteiger charge is -2.03. The molecule has 1 rings (SSSR count). The summed E-state index contributed by atoms with van der Waals surface area (Å²) < 4.78 is 39.4. The quantitative estimate of drug-likeness (QED) is 0.553. The van der Waals surface area contributed by atoms with E-state index in [0.717, 1.165) is 6.07 Å². The van der Waals surface area contributed by atoms with Gasteiger partial charge in [0.2, 0.25) is 5.88 Å². The minimum Gasteiger partial charge on any atom is -0.481 e. The van der Waals surface area contributed by atoms with Gasteiger partial charge in [-0.1, -0.05) is 0 Å². The number of ether oxygens (including phenoxy) is 2. The number of methoxy groups -OCH3 is 2. The summed E-state index contributed by atoms with van der Waals surface area (Å²) in [6.45, 7) is 0. The van der Waals surface area contributed by atoms with Gasteiger partial charge in [0.1, 0.15) is 0 Å². The second-order valence-corrected chi connectivity index (χ2v) is 3.58. The van der Waals surface area contributed by atoms with Crippen molar-refractivity contribution in [2.75, 3.05) is 14.2 Å². The molecule has 0 aromatic carbocycles. The van der Waals surface area contributed by atoms with Gasteiger partial charge in [-0.2, -0.15) is 18.4 Å². The van der Waals surface area contributed by atoms with Crippen LogP contribution in [0.25, 0.3) is 0 Å². The largest absolute Gasteiger partial charge is 0.481 e. The van der Waals surface area contributed by atoms with E-state index in [1.807, 2.05) is 0 Å². The van der Waals surface area contributed by atoms with Crippen molar-refractivity contribution in [2.45, 2.75) is 5.03 Å². The van der Waals surface area contributed by atoms with Gasteiger partial charge >= 0.3 is 16.1 Å². The van der Waals surface area contributed by atoms with Gasteiger partial charge in [-0.25, -0.2) is 0 Å². The van der Waals surface area contributed by atoms with Crippen LogP contribution in [0.4, 0.5) is 0 Å². The molecule has 0 fully saturated rings. The molecule has 0 amide bonds. The van der Waals surface area contributed by atoms with Crippen LogP contribution >= 0.6 is 0 Å². The summed E-state index contributed by atoms with van der Waals surface area (Å²) >= 11 is 0. The lowest BCUT2D eigenvalue weighted by Crippen LogP contribution is -2.05. The fourth-order valence-electron chi connectivity index (χ4n) is 0.712. The molecule has 0 bridgehead atoms. The molecule has 0 aliphatic carbocycles. The molecular weight excluding hydrogens is 212 g/mol. The van der Waals surface area contributed by atoms with Gasteiger partial charge in [0.25, 0.3) is 0 Å². The van der Waals surface area contributed by atoms with Crippen molar-refractivity contribution in [1.29, 1.82) is 0 Å². The van der Waals surface area contributed by atoms with Gasteiger partial charge in [-0.15, -0.1) is 0 Å². The molecule has 7 nitrogen and oxygen atoms in total. The van der Waals surface area contributed by atoms with E-state index in [1.54, 1.807) is 0 Å². The first-order valence-corrected chi connectivity index (χ1v) is 4.86. The van der Waals surface area contributed by atoms with Crippen LogP contribution < -0.4 is 9.47 Å². The van der Waals surface area contributed by atoms with Crippen LogP contribution in [-0.4, -0.2) is 37.2 Å². The van der Waals surface area contributed by atoms with Crippen molar-refractivity contribution in [1.82, 2.24) is 9.97 Å². The van der Waals surface area contributed by atoms with E-state index < -0.39 is 15.1 Å². The average Bonchev–Trinajstić information content (AvgIpc) is 2.15. The summed E-state index contributed by atoms with van der Waals surface area (Å²) in [4.78, 5) is 7.07. The van der Waals surface area contributed by atoms with Crippen molar-refractivity contribution < 1.29 is 22.4 Å². The van der Waals surface area contributed by atoms with E-state index in [-0.39, 0.29) is 11.9 Å². The summed E-state index contributed by atoms with van der Waals surface area (Å²) in [5.41, 5.74) is 0. The Morgan fingerprint density at radius 2 is 1.93 bits per heavy atom. The van der Waals surface area contributed by atoms with E-state index in [4.69, 9.17) is 4.55 Å². The van der Waals surface area contributed by atoms with Crippen molar-refractivity contribution in [3.63, 3.8) is 0 Å². The molecule has 1 aromatic heterocycles. The second-order valence-electron chi connectivity index (χ2n) is 2.21. The number of hydrogen-bond donors (Lipinski definition) is 1. The number of hydrogen-bond acceptors (Lipinski definition) is 6. The SMILES string of the molecule is COc1cc(S(=O)(=O)O)nc(OC)n1. The second kappa shape index (κ2) is 3.76. The monoisotopic (exact) mass is 220 g/mol. The van der Waals surface area contributed by atoms with Gasteiger partial charge in [-0.05, 0) is 0 Å². The predicted molar refractivity (Wildman–Crippen MR) is 45.0 cm³/mol. The molecule has 0 radical (unpaired) electrons. The van der Waals surface area contributed by atoms with Gasteiger partial charge in [0.05, 0.1) is 14.2 Å². The Labute approximate surface area is 80.5 Å². The topological polar surface area (TPSA) is 98.6 Å². The van der Waals surface area contributed by atoms with Gasteiger partial charge < -0.3 is 9.47 Å². The normalized spacial score (nSPS) is 11.1. The predicted octanol–water partition coefficient (Wildman–Crippen LogP) is -0.260. The summed E-state index contributed by atoms with van der Waals surface area (Å²) in [7, 11) is -1.81. The average molecular weight is 220 g/mol. The highest BCUT2D eigenvalue weighted by atomic mass is 32.2. The molecule has 0 saturated carbocycles. The van der Waals surface area contributed by atoms with E-state index in [1.165, 1.54) is 14.2 Å². The molecule has 1 heterocycles. The van der Waals surface area contributed by atoms with E-state index in [2.05, 4.69) is 19.4 Å². The van der Waals surface area contributed by atoms with Gasteiger partial charge in [0, 0.05) is 6.07 Å². The minimum absolute atomic E-state index is 0.00975. The minimum atomic E-state index is -4.38. The Hall–Kier alpha value is -1.41. The third kappa shape index (κ3) is 2.30. The number of aromatic nitrogens is 2. The summed E-state index contributed by atoms with van der Waals surface area (Å²) in [6.07, 6.45) is 0.